The van der Waals surface area contributed by atoms with Crippen LogP contribution in [0.1, 0.15) is 98.3 Å². The van der Waals surface area contributed by atoms with E-state index < -0.39 is 0 Å². The van der Waals surface area contributed by atoms with Gasteiger partial charge in [-0.1, -0.05) is 45.4 Å². The zero-order valence-electron chi connectivity index (χ0n) is 15.9. The molecule has 0 aromatic carbocycles. The molecule has 0 atom stereocenters. The molecule has 22 heavy (non-hydrogen) atoms. The first-order valence-electron chi connectivity index (χ1n) is 9.05. The summed E-state index contributed by atoms with van der Waals surface area (Å²) < 4.78 is 4.25. The number of rotatable bonds is 3. The Hall–Kier alpha value is 0.540. The van der Waals surface area contributed by atoms with Gasteiger partial charge in [0.2, 0.25) is 0 Å². The first-order chi connectivity index (χ1) is 10.1. The third kappa shape index (κ3) is 15.4. The Morgan fingerprint density at radius 2 is 1.45 bits per heavy atom. The molecule has 2 heteroatoms. The van der Waals surface area contributed by atoms with Crippen molar-refractivity contribution in [2.45, 2.75) is 104 Å². The molecule has 0 N–H and O–H groups in total. The fourth-order valence-electron chi connectivity index (χ4n) is 2.37. The maximum atomic E-state index is 4.25. The molecule has 2 rings (SSSR count). The van der Waals surface area contributed by atoms with Crippen molar-refractivity contribution in [3.8, 4) is 0 Å². The van der Waals surface area contributed by atoms with E-state index in [4.69, 9.17) is 0 Å². The molecule has 0 aromatic heterocycles. The number of nitrogens with zero attached hydrogens (tertiary/aromatic N) is 1. The molecule has 0 aliphatic heterocycles. The molecule has 0 unspecified atom stereocenters. The van der Waals surface area contributed by atoms with Crippen LogP contribution in [0.25, 0.3) is 0 Å². The summed E-state index contributed by atoms with van der Waals surface area (Å²) in [5, 5.41) is 0. The molecular formula is C20H40NTa-3. The third-order valence-corrected chi connectivity index (χ3v) is 6.53. The van der Waals surface area contributed by atoms with Crippen LogP contribution < -0.4 is 0 Å². The SMILES string of the molecule is CCC(C)(C)[N]=[Ta].CCC1CC[CH-]CC1.[CH-]1CCCCC1.[CH3-]. The molecule has 2 fully saturated rings. The van der Waals surface area contributed by atoms with E-state index in [1.165, 1.54) is 64.2 Å². The molecule has 0 saturated heterocycles. The van der Waals surface area contributed by atoms with E-state index >= 15 is 0 Å². The van der Waals surface area contributed by atoms with Gasteiger partial charge in [0.15, 0.2) is 0 Å². The van der Waals surface area contributed by atoms with Gasteiger partial charge in [-0.2, -0.15) is 25.7 Å². The molecule has 2 aliphatic rings. The minimum atomic E-state index is 0. The van der Waals surface area contributed by atoms with Crippen LogP contribution in [-0.4, -0.2) is 5.54 Å². The zero-order valence-corrected chi connectivity index (χ0v) is 19.1. The van der Waals surface area contributed by atoms with Crippen LogP contribution in [0.5, 0.6) is 0 Å². The Kier molecular flexibility index (Phi) is 18.5. The van der Waals surface area contributed by atoms with E-state index in [0.717, 1.165) is 33.2 Å². The molecule has 0 aromatic rings. The average Bonchev–Trinajstić information content (AvgIpc) is 2.58. The first kappa shape index (κ1) is 24.8. The second-order valence-corrected chi connectivity index (χ2v) is 7.63. The van der Waals surface area contributed by atoms with Crippen molar-refractivity contribution in [1.29, 1.82) is 0 Å². The topological polar surface area (TPSA) is 12.4 Å². The second-order valence-electron chi connectivity index (χ2n) is 6.91. The van der Waals surface area contributed by atoms with Gasteiger partial charge < -0.3 is 20.3 Å². The summed E-state index contributed by atoms with van der Waals surface area (Å²) >= 11 is 1.16. The summed E-state index contributed by atoms with van der Waals surface area (Å²) in [5.41, 5.74) is 0.258. The quantitative estimate of drug-likeness (QED) is 0.380. The molecule has 0 bridgehead atoms. The van der Waals surface area contributed by atoms with Crippen LogP contribution in [0.2, 0.25) is 0 Å². The van der Waals surface area contributed by atoms with Crippen molar-refractivity contribution in [3.63, 3.8) is 0 Å². The van der Waals surface area contributed by atoms with Crippen LogP contribution in [0.3, 0.4) is 0 Å². The molecule has 133 valence electrons. The normalized spacial score (nSPS) is 18.7. The standard InChI is InChI=1S/C8H15.C6H11.C5H11N.CH3.Ta/c1-2-8-6-4-3-5-7-8;1-2-4-6-5-3-1;1-4-5(2,3)6;;/h3,8H,2,4-7H2,1H3;1H,2-6H2;4H2,1-3H3;1H3;/q2*-1;;-1;. The Balaban J connectivity index is 0. The van der Waals surface area contributed by atoms with Gasteiger partial charge in [0.1, 0.15) is 0 Å². The van der Waals surface area contributed by atoms with Crippen LogP contribution >= 0.6 is 0 Å². The number of hydrogen-bond acceptors (Lipinski definition) is 1. The van der Waals surface area contributed by atoms with Gasteiger partial charge >= 0.3 is 57.0 Å². The van der Waals surface area contributed by atoms with Gasteiger partial charge in [-0.3, -0.25) is 0 Å². The van der Waals surface area contributed by atoms with Crippen molar-refractivity contribution < 1.29 is 20.9 Å². The third-order valence-electron chi connectivity index (χ3n) is 4.59. The van der Waals surface area contributed by atoms with Crippen LogP contribution in [0.15, 0.2) is 3.34 Å². The molecule has 0 spiro atoms. The van der Waals surface area contributed by atoms with Crippen molar-refractivity contribution in [2.24, 2.45) is 9.26 Å². The predicted octanol–water partition coefficient (Wildman–Crippen LogP) is 7.30. The van der Waals surface area contributed by atoms with Crippen LogP contribution in [-0.2, 0) is 20.9 Å². The van der Waals surface area contributed by atoms with Gasteiger partial charge in [-0.25, -0.2) is 0 Å². The summed E-state index contributed by atoms with van der Waals surface area (Å²) in [5.74, 6) is 1.06. The Morgan fingerprint density at radius 1 is 0.955 bits per heavy atom. The van der Waals surface area contributed by atoms with Crippen LogP contribution in [0, 0.1) is 26.2 Å². The summed E-state index contributed by atoms with van der Waals surface area (Å²) in [7, 11) is 0. The minimum absolute atomic E-state index is 0. The summed E-state index contributed by atoms with van der Waals surface area (Å²) in [6.45, 7) is 8.78. The number of hydrogen-bond donors (Lipinski definition) is 0. The monoisotopic (exact) mass is 475 g/mol. The molecule has 0 radical (unpaired) electrons. The van der Waals surface area contributed by atoms with E-state index in [1.54, 1.807) is 0 Å². The van der Waals surface area contributed by atoms with Crippen molar-refractivity contribution in [1.82, 2.24) is 0 Å². The first-order valence-corrected chi connectivity index (χ1v) is 10.5. The van der Waals surface area contributed by atoms with E-state index in [2.05, 4.69) is 43.9 Å². The average molecular weight is 475 g/mol. The fraction of sp³-hybridized carbons (Fsp3) is 0.850. The van der Waals surface area contributed by atoms with E-state index in [-0.39, 0.29) is 13.0 Å². The zero-order chi connectivity index (χ0) is 16.0. The molecular weight excluding hydrogens is 435 g/mol. The summed E-state index contributed by atoms with van der Waals surface area (Å²) in [6.07, 6.45) is 20.1. The molecule has 2 saturated carbocycles. The smallest absolute Gasteiger partial charge is 0.0465 e. The Bertz CT molecular complexity index is 216. The second kappa shape index (κ2) is 16.4. The summed E-state index contributed by atoms with van der Waals surface area (Å²) in [4.78, 5) is 0. The molecule has 1 nitrogen and oxygen atoms in total. The van der Waals surface area contributed by atoms with Gasteiger partial charge in [-0.05, 0) is 5.92 Å². The Morgan fingerprint density at radius 3 is 1.64 bits per heavy atom. The van der Waals surface area contributed by atoms with Gasteiger partial charge in [0.25, 0.3) is 0 Å². The minimum Gasteiger partial charge on any atom is -0.358 e. The Labute approximate surface area is 154 Å². The van der Waals surface area contributed by atoms with Crippen molar-refractivity contribution in [3.05, 3.63) is 20.3 Å². The van der Waals surface area contributed by atoms with E-state index in [9.17, 15) is 0 Å². The molecule has 2 aliphatic carbocycles. The largest absolute Gasteiger partial charge is 0.358 e. The predicted molar refractivity (Wildman–Crippen MR) is 97.1 cm³/mol. The van der Waals surface area contributed by atoms with Crippen molar-refractivity contribution in [2.75, 3.05) is 0 Å². The molecule has 0 amide bonds. The van der Waals surface area contributed by atoms with Gasteiger partial charge in [-0.15, -0.1) is 0 Å². The maximum Gasteiger partial charge on any atom is -0.0465 e. The van der Waals surface area contributed by atoms with Crippen molar-refractivity contribution >= 4 is 0 Å². The summed E-state index contributed by atoms with van der Waals surface area (Å²) in [6, 6.07) is 0. The van der Waals surface area contributed by atoms with Gasteiger partial charge in [0, 0.05) is 0 Å². The molecule has 0 heterocycles. The van der Waals surface area contributed by atoms with E-state index in [1.807, 2.05) is 0 Å². The van der Waals surface area contributed by atoms with Gasteiger partial charge in [0.05, 0.1) is 0 Å². The van der Waals surface area contributed by atoms with E-state index in [0.29, 0.717) is 0 Å². The maximum absolute atomic E-state index is 4.25. The van der Waals surface area contributed by atoms with Crippen LogP contribution in [0.4, 0.5) is 0 Å². The fourth-order valence-corrected chi connectivity index (χ4v) is 2.88.